The smallest absolute Gasteiger partial charge is 0.256 e. The van der Waals surface area contributed by atoms with E-state index in [0.717, 1.165) is 18.4 Å². The number of hydrogen-bond donors (Lipinski definition) is 1. The van der Waals surface area contributed by atoms with Crippen LogP contribution in [0.2, 0.25) is 0 Å². The summed E-state index contributed by atoms with van der Waals surface area (Å²) in [6.07, 6.45) is 4.91. The number of hydrogen-bond acceptors (Lipinski definition) is 2. The summed E-state index contributed by atoms with van der Waals surface area (Å²) in [5, 5.41) is 2.92. The Morgan fingerprint density at radius 3 is 2.41 bits per heavy atom. The van der Waals surface area contributed by atoms with E-state index >= 15 is 0 Å². The van der Waals surface area contributed by atoms with Gasteiger partial charge in [-0.25, -0.2) is 4.39 Å². The molecular formula is C22H23FN2O2. The second-order valence-corrected chi connectivity index (χ2v) is 6.70. The minimum Gasteiger partial charge on any atom is -0.352 e. The number of likely N-dealkylation sites (tertiary alicyclic amines) is 1. The van der Waals surface area contributed by atoms with E-state index in [1.165, 1.54) is 18.2 Å². The zero-order valence-electron chi connectivity index (χ0n) is 15.1. The third-order valence-corrected chi connectivity index (χ3v) is 4.80. The monoisotopic (exact) mass is 366 g/mol. The Labute approximate surface area is 158 Å². The van der Waals surface area contributed by atoms with Crippen molar-refractivity contribution in [3.8, 4) is 0 Å². The van der Waals surface area contributed by atoms with Crippen LogP contribution in [0, 0.1) is 11.7 Å². The van der Waals surface area contributed by atoms with Gasteiger partial charge in [-0.1, -0.05) is 42.5 Å². The predicted octanol–water partition coefficient (Wildman–Crippen LogP) is 3.51. The van der Waals surface area contributed by atoms with Gasteiger partial charge in [-0.05, 0) is 42.5 Å². The summed E-state index contributed by atoms with van der Waals surface area (Å²) in [6, 6.07) is 15.7. The zero-order chi connectivity index (χ0) is 19.1. The molecule has 1 N–H and O–H groups in total. The van der Waals surface area contributed by atoms with Crippen molar-refractivity contribution in [2.75, 3.05) is 19.6 Å². The fourth-order valence-corrected chi connectivity index (χ4v) is 3.19. The van der Waals surface area contributed by atoms with Crippen molar-refractivity contribution < 1.29 is 14.0 Å². The van der Waals surface area contributed by atoms with Crippen molar-refractivity contribution in [3.63, 3.8) is 0 Å². The van der Waals surface area contributed by atoms with Gasteiger partial charge in [0, 0.05) is 25.7 Å². The average Bonchev–Trinajstić information content (AvgIpc) is 2.72. The molecule has 2 amide bonds. The third-order valence-electron chi connectivity index (χ3n) is 4.80. The molecule has 140 valence electrons. The molecule has 0 radical (unpaired) electrons. The predicted molar refractivity (Wildman–Crippen MR) is 104 cm³/mol. The summed E-state index contributed by atoms with van der Waals surface area (Å²) >= 11 is 0. The summed E-state index contributed by atoms with van der Waals surface area (Å²) in [7, 11) is 0. The van der Waals surface area contributed by atoms with Crippen LogP contribution in [0.5, 0.6) is 0 Å². The number of benzene rings is 2. The van der Waals surface area contributed by atoms with E-state index < -0.39 is 5.82 Å². The highest BCUT2D eigenvalue weighted by atomic mass is 19.1. The lowest BCUT2D eigenvalue weighted by atomic mass is 9.96. The minimum absolute atomic E-state index is 0.121. The van der Waals surface area contributed by atoms with Crippen molar-refractivity contribution >= 4 is 17.9 Å². The Bertz CT molecular complexity index is 812. The quantitative estimate of drug-likeness (QED) is 0.824. The Morgan fingerprint density at radius 2 is 1.70 bits per heavy atom. The topological polar surface area (TPSA) is 49.4 Å². The number of carbonyl (C=O) groups is 2. The Hall–Kier alpha value is -2.95. The number of rotatable bonds is 5. The van der Waals surface area contributed by atoms with Crippen LogP contribution in [0.3, 0.4) is 0 Å². The van der Waals surface area contributed by atoms with Crippen LogP contribution in [0.25, 0.3) is 6.08 Å². The third kappa shape index (κ3) is 5.26. The van der Waals surface area contributed by atoms with Crippen molar-refractivity contribution in [1.82, 2.24) is 10.2 Å². The highest BCUT2D eigenvalue weighted by Crippen LogP contribution is 2.19. The summed E-state index contributed by atoms with van der Waals surface area (Å²) in [4.78, 5) is 26.1. The Kier molecular flexibility index (Phi) is 6.36. The molecule has 2 aromatic rings. The lowest BCUT2D eigenvalue weighted by molar-refractivity contribution is -0.116. The first-order valence-electron chi connectivity index (χ1n) is 9.18. The molecule has 1 aliphatic rings. The standard InChI is InChI=1S/C22H23FN2O2/c23-20-9-5-4-8-19(20)22(27)25-14-12-18(13-15-25)16-24-21(26)11-10-17-6-2-1-3-7-17/h1-11,18H,12-16H2,(H,24,26)/b11-10+. The minimum atomic E-state index is -0.484. The number of nitrogens with one attached hydrogen (secondary N) is 1. The summed E-state index contributed by atoms with van der Waals surface area (Å²) < 4.78 is 13.8. The second-order valence-electron chi connectivity index (χ2n) is 6.70. The molecule has 0 atom stereocenters. The van der Waals surface area contributed by atoms with E-state index in [1.54, 1.807) is 23.1 Å². The molecule has 1 fully saturated rings. The SMILES string of the molecule is O=C(/C=C/c1ccccc1)NCC1CCN(C(=O)c2ccccc2F)CC1. The van der Waals surface area contributed by atoms with Crippen LogP contribution in [-0.2, 0) is 4.79 Å². The van der Waals surface area contributed by atoms with E-state index in [-0.39, 0.29) is 17.4 Å². The van der Waals surface area contributed by atoms with E-state index in [9.17, 15) is 14.0 Å². The van der Waals surface area contributed by atoms with Gasteiger partial charge in [0.05, 0.1) is 5.56 Å². The van der Waals surface area contributed by atoms with E-state index in [0.29, 0.717) is 25.6 Å². The van der Waals surface area contributed by atoms with Gasteiger partial charge in [-0.3, -0.25) is 9.59 Å². The molecular weight excluding hydrogens is 343 g/mol. The van der Waals surface area contributed by atoms with Gasteiger partial charge in [-0.15, -0.1) is 0 Å². The van der Waals surface area contributed by atoms with Crippen LogP contribution in [0.15, 0.2) is 60.7 Å². The molecule has 0 spiro atoms. The van der Waals surface area contributed by atoms with Gasteiger partial charge in [0.1, 0.15) is 5.82 Å². The van der Waals surface area contributed by atoms with Crippen molar-refractivity contribution in [2.45, 2.75) is 12.8 Å². The van der Waals surface area contributed by atoms with Crippen molar-refractivity contribution in [1.29, 1.82) is 0 Å². The molecule has 1 heterocycles. The van der Waals surface area contributed by atoms with E-state index in [2.05, 4.69) is 5.32 Å². The number of piperidine rings is 1. The first kappa shape index (κ1) is 18.8. The molecule has 0 saturated carbocycles. The normalized spacial score (nSPS) is 15.1. The van der Waals surface area contributed by atoms with Gasteiger partial charge in [0.25, 0.3) is 5.91 Å². The number of amides is 2. The molecule has 0 aromatic heterocycles. The number of halogens is 1. The highest BCUT2D eigenvalue weighted by molar-refractivity contribution is 5.94. The van der Waals surface area contributed by atoms with Gasteiger partial charge >= 0.3 is 0 Å². The molecule has 5 heteroatoms. The van der Waals surface area contributed by atoms with Crippen LogP contribution in [0.1, 0.15) is 28.8 Å². The number of carbonyl (C=O) groups excluding carboxylic acids is 2. The van der Waals surface area contributed by atoms with E-state index in [1.807, 2.05) is 30.3 Å². The molecule has 27 heavy (non-hydrogen) atoms. The maximum absolute atomic E-state index is 13.8. The van der Waals surface area contributed by atoms with Crippen LogP contribution in [0.4, 0.5) is 4.39 Å². The summed E-state index contributed by atoms with van der Waals surface area (Å²) in [5.74, 6) is -0.545. The maximum Gasteiger partial charge on any atom is 0.256 e. The number of nitrogens with zero attached hydrogens (tertiary/aromatic N) is 1. The van der Waals surface area contributed by atoms with Crippen LogP contribution >= 0.6 is 0 Å². The Morgan fingerprint density at radius 1 is 1.04 bits per heavy atom. The molecule has 1 saturated heterocycles. The molecule has 1 aliphatic heterocycles. The molecule has 0 bridgehead atoms. The van der Waals surface area contributed by atoms with Crippen molar-refractivity contribution in [2.24, 2.45) is 5.92 Å². The first-order valence-corrected chi connectivity index (χ1v) is 9.18. The lowest BCUT2D eigenvalue weighted by Gasteiger charge is -2.32. The van der Waals surface area contributed by atoms with Crippen LogP contribution in [-0.4, -0.2) is 36.3 Å². The fourth-order valence-electron chi connectivity index (χ4n) is 3.19. The zero-order valence-corrected chi connectivity index (χ0v) is 15.1. The highest BCUT2D eigenvalue weighted by Gasteiger charge is 2.25. The molecule has 4 nitrogen and oxygen atoms in total. The second kappa shape index (κ2) is 9.12. The Balaban J connectivity index is 1.43. The first-order chi connectivity index (χ1) is 13.1. The maximum atomic E-state index is 13.8. The van der Waals surface area contributed by atoms with Gasteiger partial charge in [0.2, 0.25) is 5.91 Å². The summed E-state index contributed by atoms with van der Waals surface area (Å²) in [6.45, 7) is 1.74. The molecule has 3 rings (SSSR count). The molecule has 0 unspecified atom stereocenters. The lowest BCUT2D eigenvalue weighted by Crippen LogP contribution is -2.41. The molecule has 2 aromatic carbocycles. The van der Waals surface area contributed by atoms with Gasteiger partial charge in [0.15, 0.2) is 0 Å². The summed E-state index contributed by atoms with van der Waals surface area (Å²) in [5.41, 5.74) is 1.10. The fraction of sp³-hybridized carbons (Fsp3) is 0.273. The average molecular weight is 366 g/mol. The van der Waals surface area contributed by atoms with Crippen molar-refractivity contribution in [3.05, 3.63) is 77.6 Å². The van der Waals surface area contributed by atoms with Crippen LogP contribution < -0.4 is 5.32 Å². The largest absolute Gasteiger partial charge is 0.352 e. The van der Waals surface area contributed by atoms with Gasteiger partial charge in [-0.2, -0.15) is 0 Å². The molecule has 0 aliphatic carbocycles. The van der Waals surface area contributed by atoms with E-state index in [4.69, 9.17) is 0 Å². The van der Waals surface area contributed by atoms with Gasteiger partial charge < -0.3 is 10.2 Å².